The number of carbonyl (C=O) groups excluding carboxylic acids is 2. The number of hydrogen-bond donors (Lipinski definition) is 0. The van der Waals surface area contributed by atoms with Gasteiger partial charge in [-0.1, -0.05) is 109 Å². The molecule has 1 saturated heterocycles. The Morgan fingerprint density at radius 3 is 2.35 bits per heavy atom. The molecule has 0 aromatic heterocycles. The Bertz CT molecular complexity index is 1460. The minimum Gasteiger partial charge on any atom is -0.489 e. The second-order valence-corrected chi connectivity index (χ2v) is 8.96. The van der Waals surface area contributed by atoms with Gasteiger partial charge in [-0.3, -0.25) is 4.79 Å². The number of hydrogen-bond acceptors (Lipinski definition) is 4. The van der Waals surface area contributed by atoms with Crippen molar-refractivity contribution in [2.75, 3.05) is 6.61 Å². The Balaban J connectivity index is 1.53. The molecule has 5 heteroatoms. The van der Waals surface area contributed by atoms with Gasteiger partial charge in [0.05, 0.1) is 0 Å². The molecule has 2 amide bonds. The molecular formula is C32H29NO4. The number of rotatable bonds is 8. The van der Waals surface area contributed by atoms with Crippen LogP contribution in [0.1, 0.15) is 50.3 Å². The lowest BCUT2D eigenvalue weighted by Crippen LogP contribution is -2.35. The first kappa shape index (κ1) is 20.8. The molecule has 0 unspecified atom stereocenters. The molecule has 186 valence electrons. The highest BCUT2D eigenvalue weighted by Gasteiger charge is 2.40. The van der Waals surface area contributed by atoms with Crippen molar-refractivity contribution in [2.45, 2.75) is 31.8 Å². The van der Waals surface area contributed by atoms with E-state index in [2.05, 4.69) is 0 Å². The third-order valence-corrected chi connectivity index (χ3v) is 6.53. The molecule has 0 spiro atoms. The fraction of sp³-hybridized carbons (Fsp3) is 0.188. The number of carbonyl (C=O) groups is 2. The molecule has 1 aliphatic heterocycles. The van der Waals surface area contributed by atoms with Crippen molar-refractivity contribution in [1.29, 1.82) is 0 Å². The van der Waals surface area contributed by atoms with E-state index in [4.69, 9.17) is 13.6 Å². The summed E-state index contributed by atoms with van der Waals surface area (Å²) in [6.07, 6.45) is -0.781. The van der Waals surface area contributed by atoms with E-state index in [1.54, 1.807) is 12.1 Å². The van der Waals surface area contributed by atoms with Crippen molar-refractivity contribution < 1.29 is 23.2 Å². The fourth-order valence-corrected chi connectivity index (χ4v) is 4.67. The van der Waals surface area contributed by atoms with Crippen LogP contribution in [0.4, 0.5) is 4.79 Å². The minimum absolute atomic E-state index is 0.0740. The van der Waals surface area contributed by atoms with Crippen molar-refractivity contribution >= 4 is 12.0 Å². The lowest BCUT2D eigenvalue weighted by Gasteiger charge is -2.25. The number of amides is 2. The molecule has 0 aliphatic carbocycles. The molecule has 2 atom stereocenters. The zero-order valence-electron chi connectivity index (χ0n) is 23.2. The summed E-state index contributed by atoms with van der Waals surface area (Å²) in [5.74, 6) is -0.521. The molecule has 5 rings (SSSR count). The molecule has 4 aromatic carbocycles. The Morgan fingerprint density at radius 1 is 0.973 bits per heavy atom. The van der Waals surface area contributed by atoms with Gasteiger partial charge in [0.2, 0.25) is 5.91 Å². The van der Waals surface area contributed by atoms with E-state index in [1.165, 1.54) is 11.0 Å². The second kappa shape index (κ2) is 11.1. The summed E-state index contributed by atoms with van der Waals surface area (Å²) >= 11 is 0. The van der Waals surface area contributed by atoms with E-state index in [-0.39, 0.29) is 25.2 Å². The van der Waals surface area contributed by atoms with Crippen LogP contribution in [0.15, 0.2) is 109 Å². The zero-order valence-corrected chi connectivity index (χ0v) is 20.2. The summed E-state index contributed by atoms with van der Waals surface area (Å²) in [5, 5.41) is 0. The molecule has 1 fully saturated rings. The largest absolute Gasteiger partial charge is 0.489 e. The summed E-state index contributed by atoms with van der Waals surface area (Å²) < 4.78 is 35.5. The van der Waals surface area contributed by atoms with Crippen molar-refractivity contribution in [3.05, 3.63) is 137 Å². The Labute approximate surface area is 221 Å². The van der Waals surface area contributed by atoms with E-state index in [0.717, 1.165) is 16.7 Å². The Kier molecular flexibility index (Phi) is 6.25. The summed E-state index contributed by atoms with van der Waals surface area (Å²) in [5.41, 5.74) is 3.26. The number of benzene rings is 4. The summed E-state index contributed by atoms with van der Waals surface area (Å²) in [4.78, 5) is 27.8. The Hall–Kier alpha value is -4.38. The molecule has 4 aromatic rings. The number of nitrogens with zero attached hydrogens (tertiary/aromatic N) is 1. The predicted octanol–water partition coefficient (Wildman–Crippen LogP) is 6.82. The van der Waals surface area contributed by atoms with Crippen LogP contribution in [0.3, 0.4) is 0 Å². The molecule has 37 heavy (non-hydrogen) atoms. The average molecular weight is 495 g/mol. The molecular weight excluding hydrogens is 462 g/mol. The quantitative estimate of drug-likeness (QED) is 0.270. The predicted molar refractivity (Wildman–Crippen MR) is 142 cm³/mol. The fourth-order valence-electron chi connectivity index (χ4n) is 4.67. The maximum absolute atomic E-state index is 13.8. The van der Waals surface area contributed by atoms with Gasteiger partial charge in [-0.25, -0.2) is 9.69 Å². The van der Waals surface area contributed by atoms with Crippen LogP contribution in [-0.4, -0.2) is 23.5 Å². The molecule has 5 nitrogen and oxygen atoms in total. The number of ether oxygens (including phenoxy) is 2. The third-order valence-electron chi connectivity index (χ3n) is 6.53. The summed E-state index contributed by atoms with van der Waals surface area (Å²) in [6, 6.07) is 32.5. The second-order valence-electron chi connectivity index (χ2n) is 8.96. The molecule has 0 N–H and O–H groups in total. The molecule has 1 heterocycles. The third kappa shape index (κ3) is 5.56. The van der Waals surface area contributed by atoms with E-state index < -0.39 is 30.8 Å². The molecule has 0 radical (unpaired) electrons. The summed E-state index contributed by atoms with van der Waals surface area (Å²) in [7, 11) is 0. The highest BCUT2D eigenvalue weighted by atomic mass is 16.6. The van der Waals surface area contributed by atoms with E-state index in [9.17, 15) is 9.59 Å². The van der Waals surface area contributed by atoms with E-state index >= 15 is 0 Å². The number of cyclic esters (lactones) is 1. The highest BCUT2D eigenvalue weighted by molar-refractivity contribution is 5.94. The normalized spacial score (nSPS) is 17.3. The van der Waals surface area contributed by atoms with Gasteiger partial charge in [0.1, 0.15) is 25.0 Å². The first-order valence-corrected chi connectivity index (χ1v) is 12.2. The first-order chi connectivity index (χ1) is 19.3. The van der Waals surface area contributed by atoms with Crippen LogP contribution in [0, 0.1) is 6.85 Å². The van der Waals surface area contributed by atoms with E-state index in [0.29, 0.717) is 11.3 Å². The maximum atomic E-state index is 13.8. The van der Waals surface area contributed by atoms with E-state index in [1.807, 2.05) is 91.0 Å². The first-order valence-electron chi connectivity index (χ1n) is 13.7. The van der Waals surface area contributed by atoms with Crippen LogP contribution in [0.25, 0.3) is 0 Å². The van der Waals surface area contributed by atoms with Gasteiger partial charge in [0.25, 0.3) is 0 Å². The molecule has 0 bridgehead atoms. The molecule has 0 saturated carbocycles. The van der Waals surface area contributed by atoms with Crippen LogP contribution in [-0.2, 0) is 16.1 Å². The van der Waals surface area contributed by atoms with Crippen LogP contribution < -0.4 is 4.74 Å². The van der Waals surface area contributed by atoms with Gasteiger partial charge < -0.3 is 9.47 Å². The van der Waals surface area contributed by atoms with Gasteiger partial charge in [0, 0.05) is 22.0 Å². The lowest BCUT2D eigenvalue weighted by molar-refractivity contribution is -0.129. The summed E-state index contributed by atoms with van der Waals surface area (Å²) in [6.45, 7) is -2.01. The van der Waals surface area contributed by atoms with Crippen LogP contribution in [0.2, 0.25) is 0 Å². The monoisotopic (exact) mass is 494 g/mol. The minimum atomic E-state index is -2.35. The zero-order chi connectivity index (χ0) is 28.1. The van der Waals surface area contributed by atoms with Crippen molar-refractivity contribution in [3.8, 4) is 5.75 Å². The van der Waals surface area contributed by atoms with Crippen LogP contribution >= 0.6 is 0 Å². The van der Waals surface area contributed by atoms with Gasteiger partial charge in [0.15, 0.2) is 0 Å². The van der Waals surface area contributed by atoms with Gasteiger partial charge >= 0.3 is 6.09 Å². The molecule has 1 aliphatic rings. The van der Waals surface area contributed by atoms with Crippen LogP contribution in [0.5, 0.6) is 5.75 Å². The number of imide groups is 1. The smallest absolute Gasteiger partial charge is 0.417 e. The SMILES string of the molecule is [2H]C([2H])([2H])c1ccc(OCc2ccccc2)c([C@H](CC(=O)N2C(=O)OC[C@H]2c2ccccc2)c2ccccc2)c1. The van der Waals surface area contributed by atoms with Gasteiger partial charge in [-0.05, 0) is 29.6 Å². The lowest BCUT2D eigenvalue weighted by atomic mass is 9.86. The van der Waals surface area contributed by atoms with Gasteiger partial charge in [-0.2, -0.15) is 0 Å². The van der Waals surface area contributed by atoms with Crippen molar-refractivity contribution in [2.24, 2.45) is 0 Å². The average Bonchev–Trinajstić information content (AvgIpc) is 3.37. The topological polar surface area (TPSA) is 55.8 Å². The standard InChI is InChI=1S/C32H29NO4/c1-23-17-18-30(36-21-24-11-5-2-6-12-24)28(19-23)27(25-13-7-3-8-14-25)20-31(34)33-29(22-37-32(33)35)26-15-9-4-10-16-26/h2-19,27,29H,20-22H2,1H3/t27-,29+/m1/s1/i1D3. The number of aryl methyl sites for hydroxylation is 1. The maximum Gasteiger partial charge on any atom is 0.417 e. The highest BCUT2D eigenvalue weighted by Crippen LogP contribution is 2.38. The Morgan fingerprint density at radius 2 is 1.65 bits per heavy atom. The van der Waals surface area contributed by atoms with Crippen molar-refractivity contribution in [3.63, 3.8) is 0 Å². The van der Waals surface area contributed by atoms with Gasteiger partial charge in [-0.15, -0.1) is 0 Å². The van der Waals surface area contributed by atoms with Crippen molar-refractivity contribution in [1.82, 2.24) is 4.90 Å².